The van der Waals surface area contributed by atoms with Gasteiger partial charge >= 0.3 is 0 Å². The highest BCUT2D eigenvalue weighted by Gasteiger charge is 1.97. The van der Waals surface area contributed by atoms with Crippen molar-refractivity contribution in [3.8, 4) is 0 Å². The Morgan fingerprint density at radius 1 is 0.783 bits per heavy atom. The monoisotopic (exact) mass is 326 g/mol. The van der Waals surface area contributed by atoms with Crippen LogP contribution >= 0.6 is 0 Å². The van der Waals surface area contributed by atoms with Crippen molar-refractivity contribution in [3.63, 3.8) is 0 Å². The Labute approximate surface area is 143 Å². The molecular weight excluding hydrogens is 288 g/mol. The predicted octanol–water partition coefficient (Wildman–Crippen LogP) is 6.17. The summed E-state index contributed by atoms with van der Waals surface area (Å²) in [5, 5.41) is 0. The van der Waals surface area contributed by atoms with E-state index in [1.165, 1.54) is 64.2 Å². The van der Waals surface area contributed by atoms with Crippen LogP contribution in [-0.4, -0.2) is 19.7 Å². The minimum atomic E-state index is 0.191. The van der Waals surface area contributed by atoms with E-state index in [2.05, 4.69) is 13.8 Å². The van der Waals surface area contributed by atoms with Crippen molar-refractivity contribution in [2.24, 2.45) is 0 Å². The lowest BCUT2D eigenvalue weighted by Crippen LogP contribution is -2.02. The molecule has 0 aliphatic heterocycles. The van der Waals surface area contributed by atoms with Crippen molar-refractivity contribution in [3.05, 3.63) is 11.8 Å². The van der Waals surface area contributed by atoms with Crippen LogP contribution in [0, 0.1) is 0 Å². The first kappa shape index (κ1) is 22.2. The number of aldehydes is 1. The highest BCUT2D eigenvalue weighted by Crippen LogP contribution is 2.08. The first-order valence-corrected chi connectivity index (χ1v) is 9.71. The molecule has 0 aliphatic rings. The van der Waals surface area contributed by atoms with Gasteiger partial charge in [0, 0.05) is 0 Å². The number of carbonyl (C=O) groups excluding carboxylic acids is 1. The average Bonchev–Trinajstić information content (AvgIpc) is 2.57. The van der Waals surface area contributed by atoms with Gasteiger partial charge in [0.1, 0.15) is 0 Å². The lowest BCUT2D eigenvalue weighted by molar-refractivity contribution is -0.111. The van der Waals surface area contributed by atoms with E-state index in [4.69, 9.17) is 9.47 Å². The van der Waals surface area contributed by atoms with Gasteiger partial charge in [-0.2, -0.15) is 0 Å². The van der Waals surface area contributed by atoms with Crippen LogP contribution in [0.2, 0.25) is 0 Å². The van der Waals surface area contributed by atoms with Gasteiger partial charge in [0.05, 0.1) is 6.61 Å². The van der Waals surface area contributed by atoms with Crippen LogP contribution < -0.4 is 0 Å². The summed E-state index contributed by atoms with van der Waals surface area (Å²) in [6.07, 6.45) is 18.7. The molecule has 23 heavy (non-hydrogen) atoms. The second-order valence-electron chi connectivity index (χ2n) is 6.22. The molecule has 0 saturated heterocycles. The first-order valence-electron chi connectivity index (χ1n) is 9.71. The van der Waals surface area contributed by atoms with E-state index in [1.54, 1.807) is 0 Å². The third-order valence-electron chi connectivity index (χ3n) is 3.97. The average molecular weight is 327 g/mol. The molecule has 0 fully saturated rings. The van der Waals surface area contributed by atoms with E-state index in [0.29, 0.717) is 5.76 Å². The van der Waals surface area contributed by atoms with E-state index in [0.717, 1.165) is 32.2 Å². The zero-order chi connectivity index (χ0) is 17.0. The third-order valence-corrected chi connectivity index (χ3v) is 3.97. The standard InChI is InChI=1S/C20H38O3/c1-3-5-7-9-11-13-15-17-22-19-23-20(18-21)16-14-12-10-8-6-4-2/h16,18H,3-15,17,19H2,1-2H3/b20-16+. The molecule has 3 heteroatoms. The highest BCUT2D eigenvalue weighted by molar-refractivity contribution is 5.69. The molecular formula is C20H38O3. The Balaban J connectivity index is 3.40. The number of hydrogen-bond donors (Lipinski definition) is 0. The van der Waals surface area contributed by atoms with Crippen LogP contribution in [0.3, 0.4) is 0 Å². The fourth-order valence-corrected chi connectivity index (χ4v) is 2.46. The van der Waals surface area contributed by atoms with Gasteiger partial charge in [0.15, 0.2) is 18.8 Å². The molecule has 0 rings (SSSR count). The second-order valence-corrected chi connectivity index (χ2v) is 6.22. The van der Waals surface area contributed by atoms with Gasteiger partial charge < -0.3 is 9.47 Å². The maximum absolute atomic E-state index is 10.9. The summed E-state index contributed by atoms with van der Waals surface area (Å²) >= 11 is 0. The molecule has 0 atom stereocenters. The Kier molecular flexibility index (Phi) is 18.5. The molecule has 0 spiro atoms. The van der Waals surface area contributed by atoms with Crippen LogP contribution in [0.25, 0.3) is 0 Å². The van der Waals surface area contributed by atoms with Crippen molar-refractivity contribution >= 4 is 6.29 Å². The van der Waals surface area contributed by atoms with Gasteiger partial charge in [-0.25, -0.2) is 0 Å². The highest BCUT2D eigenvalue weighted by atomic mass is 16.7. The number of carbonyl (C=O) groups is 1. The van der Waals surface area contributed by atoms with Crippen LogP contribution in [0.1, 0.15) is 97.3 Å². The minimum absolute atomic E-state index is 0.191. The SMILES string of the molecule is CCCCCCC/C=C(\C=O)OCOCCCCCCCCC. The van der Waals surface area contributed by atoms with Gasteiger partial charge in [0.2, 0.25) is 0 Å². The van der Waals surface area contributed by atoms with E-state index in [1.807, 2.05) is 6.08 Å². The number of hydrogen-bond acceptors (Lipinski definition) is 3. The minimum Gasteiger partial charge on any atom is -0.464 e. The molecule has 0 heterocycles. The Bertz CT molecular complexity index is 274. The molecule has 0 aromatic rings. The van der Waals surface area contributed by atoms with Crippen LogP contribution in [-0.2, 0) is 14.3 Å². The number of rotatable bonds is 18. The lowest BCUT2D eigenvalue weighted by atomic mass is 10.1. The first-order chi connectivity index (χ1) is 11.3. The lowest BCUT2D eigenvalue weighted by Gasteiger charge is -2.07. The van der Waals surface area contributed by atoms with E-state index in [9.17, 15) is 4.79 Å². The molecule has 0 bridgehead atoms. The molecule has 0 radical (unpaired) electrons. The van der Waals surface area contributed by atoms with Crippen LogP contribution in [0.15, 0.2) is 11.8 Å². The van der Waals surface area contributed by atoms with E-state index >= 15 is 0 Å². The van der Waals surface area contributed by atoms with Gasteiger partial charge in [-0.3, -0.25) is 4.79 Å². The molecule has 0 aliphatic carbocycles. The maximum Gasteiger partial charge on any atom is 0.189 e. The summed E-state index contributed by atoms with van der Waals surface area (Å²) in [6, 6.07) is 0. The quantitative estimate of drug-likeness (QED) is 0.0993. The van der Waals surface area contributed by atoms with Crippen molar-refractivity contribution in [1.82, 2.24) is 0 Å². The largest absolute Gasteiger partial charge is 0.464 e. The molecule has 0 aromatic heterocycles. The summed E-state index contributed by atoms with van der Waals surface area (Å²) in [4.78, 5) is 10.9. The molecule has 3 nitrogen and oxygen atoms in total. The summed E-state index contributed by atoms with van der Waals surface area (Å²) in [5.74, 6) is 0.417. The Morgan fingerprint density at radius 3 is 1.96 bits per heavy atom. The maximum atomic E-state index is 10.9. The Hall–Kier alpha value is -0.830. The van der Waals surface area contributed by atoms with E-state index in [-0.39, 0.29) is 6.79 Å². The summed E-state index contributed by atoms with van der Waals surface area (Å²) in [6.45, 7) is 5.36. The molecule has 0 amide bonds. The van der Waals surface area contributed by atoms with Crippen molar-refractivity contribution in [1.29, 1.82) is 0 Å². The van der Waals surface area contributed by atoms with Crippen molar-refractivity contribution in [2.75, 3.05) is 13.4 Å². The van der Waals surface area contributed by atoms with Crippen LogP contribution in [0.5, 0.6) is 0 Å². The number of unbranched alkanes of at least 4 members (excludes halogenated alkanes) is 11. The Morgan fingerprint density at radius 2 is 1.35 bits per heavy atom. The van der Waals surface area contributed by atoms with Gasteiger partial charge in [0.25, 0.3) is 0 Å². The van der Waals surface area contributed by atoms with Crippen molar-refractivity contribution < 1.29 is 14.3 Å². The second kappa shape index (κ2) is 19.2. The zero-order valence-corrected chi connectivity index (χ0v) is 15.5. The van der Waals surface area contributed by atoms with Gasteiger partial charge in [-0.1, -0.05) is 78.1 Å². The normalized spacial score (nSPS) is 11.7. The smallest absolute Gasteiger partial charge is 0.189 e. The summed E-state index contributed by atoms with van der Waals surface area (Å²) < 4.78 is 10.8. The summed E-state index contributed by atoms with van der Waals surface area (Å²) in [5.41, 5.74) is 0. The molecule has 0 aromatic carbocycles. The molecule has 0 unspecified atom stereocenters. The number of ether oxygens (including phenoxy) is 2. The molecule has 136 valence electrons. The third kappa shape index (κ3) is 17.4. The zero-order valence-electron chi connectivity index (χ0n) is 15.5. The van der Waals surface area contributed by atoms with Gasteiger partial charge in [-0.05, 0) is 25.3 Å². The van der Waals surface area contributed by atoms with E-state index < -0.39 is 0 Å². The molecule has 0 N–H and O–H groups in total. The van der Waals surface area contributed by atoms with Crippen LogP contribution in [0.4, 0.5) is 0 Å². The fourth-order valence-electron chi connectivity index (χ4n) is 2.46. The fraction of sp³-hybridized carbons (Fsp3) is 0.850. The summed E-state index contributed by atoms with van der Waals surface area (Å²) in [7, 11) is 0. The molecule has 0 saturated carbocycles. The van der Waals surface area contributed by atoms with Gasteiger partial charge in [-0.15, -0.1) is 0 Å². The predicted molar refractivity (Wildman–Crippen MR) is 97.4 cm³/mol. The topological polar surface area (TPSA) is 35.5 Å². The van der Waals surface area contributed by atoms with Crippen molar-refractivity contribution in [2.45, 2.75) is 97.3 Å². The number of allylic oxidation sites excluding steroid dienone is 2.